The molecule has 24 heavy (non-hydrogen) atoms. The third kappa shape index (κ3) is 3.51. The molecule has 3 rings (SSSR count). The summed E-state index contributed by atoms with van der Waals surface area (Å²) in [6, 6.07) is 7.96. The molecule has 2 heterocycles. The van der Waals surface area contributed by atoms with Crippen molar-refractivity contribution < 1.29 is 9.53 Å². The second-order valence-corrected chi connectivity index (χ2v) is 6.94. The van der Waals surface area contributed by atoms with Crippen LogP contribution in [0.25, 0.3) is 0 Å². The first kappa shape index (κ1) is 16.7. The molecule has 1 saturated heterocycles. The lowest BCUT2D eigenvalue weighted by Gasteiger charge is -2.25. The zero-order chi connectivity index (χ0) is 17.1. The maximum atomic E-state index is 12.6. The molecule has 1 atom stereocenters. The van der Waals surface area contributed by atoms with E-state index in [2.05, 4.69) is 5.10 Å². The van der Waals surface area contributed by atoms with Gasteiger partial charge in [0.2, 0.25) is 5.91 Å². The molecule has 128 valence electrons. The topological polar surface area (TPSA) is 64.4 Å². The summed E-state index contributed by atoms with van der Waals surface area (Å²) in [6.45, 7) is 5.08. The molecule has 1 aromatic heterocycles. The van der Waals surface area contributed by atoms with Gasteiger partial charge in [-0.25, -0.2) is 4.68 Å². The van der Waals surface area contributed by atoms with Crippen molar-refractivity contribution in [3.8, 4) is 5.75 Å². The minimum atomic E-state index is -0.183. The van der Waals surface area contributed by atoms with E-state index in [1.165, 1.54) is 4.68 Å². The second-order valence-electron chi connectivity index (χ2n) is 5.79. The van der Waals surface area contributed by atoms with Gasteiger partial charge in [-0.15, -0.1) is 0 Å². The molecule has 2 aromatic rings. The summed E-state index contributed by atoms with van der Waals surface area (Å²) >= 11 is 1.07. The number of likely N-dealkylation sites (tertiary alicyclic amines) is 1. The average Bonchev–Trinajstić information content (AvgIpc) is 3.15. The number of carbonyl (C=O) groups excluding carboxylic acids is 1. The highest BCUT2D eigenvalue weighted by Gasteiger charge is 2.30. The number of benzene rings is 1. The molecule has 1 unspecified atom stereocenters. The van der Waals surface area contributed by atoms with Gasteiger partial charge in [0.25, 0.3) is 0 Å². The molecular weight excluding hydrogens is 326 g/mol. The molecule has 6 nitrogen and oxygen atoms in total. The van der Waals surface area contributed by atoms with E-state index in [0.29, 0.717) is 18.2 Å². The van der Waals surface area contributed by atoms with Crippen LogP contribution in [0.5, 0.6) is 5.75 Å². The lowest BCUT2D eigenvalue weighted by Crippen LogP contribution is -2.35. The van der Waals surface area contributed by atoms with Crippen LogP contribution in [-0.2, 0) is 11.3 Å². The number of ether oxygens (including phenoxy) is 1. The predicted octanol–water partition coefficient (Wildman–Crippen LogP) is 2.38. The molecule has 1 aromatic carbocycles. The summed E-state index contributed by atoms with van der Waals surface area (Å²) in [4.78, 5) is 26.1. The van der Waals surface area contributed by atoms with E-state index in [1.54, 1.807) is 6.92 Å². The minimum Gasteiger partial charge on any atom is -0.494 e. The van der Waals surface area contributed by atoms with Crippen LogP contribution in [0.4, 0.5) is 0 Å². The van der Waals surface area contributed by atoms with Gasteiger partial charge in [-0.2, -0.15) is 5.10 Å². The Kier molecular flexibility index (Phi) is 4.99. The number of hydrogen-bond acceptors (Lipinski definition) is 5. The molecule has 1 aliphatic rings. The van der Waals surface area contributed by atoms with Crippen molar-refractivity contribution in [3.05, 3.63) is 44.5 Å². The van der Waals surface area contributed by atoms with Crippen LogP contribution in [0.3, 0.4) is 0 Å². The average molecular weight is 347 g/mol. The van der Waals surface area contributed by atoms with Gasteiger partial charge in [-0.3, -0.25) is 9.59 Å². The SMILES string of the molecule is CCOc1ccc(C2CCCN2C(=O)Cn2nc(C)sc2=O)cc1. The van der Waals surface area contributed by atoms with Crippen LogP contribution in [0.15, 0.2) is 29.1 Å². The number of aryl methyl sites for hydroxylation is 1. The van der Waals surface area contributed by atoms with Gasteiger partial charge in [-0.1, -0.05) is 23.5 Å². The molecule has 1 aliphatic heterocycles. The highest BCUT2D eigenvalue weighted by Crippen LogP contribution is 2.32. The predicted molar refractivity (Wildman–Crippen MR) is 92.4 cm³/mol. The number of amides is 1. The highest BCUT2D eigenvalue weighted by atomic mass is 32.1. The molecule has 0 spiro atoms. The van der Waals surface area contributed by atoms with Gasteiger partial charge in [-0.05, 0) is 44.4 Å². The first-order chi connectivity index (χ1) is 11.6. The fourth-order valence-corrected chi connectivity index (χ4v) is 3.70. The smallest absolute Gasteiger partial charge is 0.325 e. The third-order valence-electron chi connectivity index (χ3n) is 4.14. The van der Waals surface area contributed by atoms with E-state index < -0.39 is 0 Å². The second kappa shape index (κ2) is 7.17. The standard InChI is InChI=1S/C17H21N3O3S/c1-3-23-14-8-6-13(7-9-14)15-5-4-10-19(15)16(21)11-20-17(22)24-12(2)18-20/h6-9,15H,3-5,10-11H2,1-2H3. The first-order valence-corrected chi connectivity index (χ1v) is 8.97. The van der Waals surface area contributed by atoms with Crippen molar-refractivity contribution in [1.29, 1.82) is 0 Å². The van der Waals surface area contributed by atoms with Crippen LogP contribution in [-0.4, -0.2) is 33.7 Å². The fraction of sp³-hybridized carbons (Fsp3) is 0.471. The van der Waals surface area contributed by atoms with Crippen LogP contribution >= 0.6 is 11.3 Å². The lowest BCUT2D eigenvalue weighted by atomic mass is 10.0. The van der Waals surface area contributed by atoms with Crippen LogP contribution in [0.2, 0.25) is 0 Å². The molecule has 1 fully saturated rings. The summed E-state index contributed by atoms with van der Waals surface area (Å²) in [5.41, 5.74) is 1.10. The normalized spacial score (nSPS) is 17.2. The Labute approximate surface area is 144 Å². The van der Waals surface area contributed by atoms with E-state index in [1.807, 2.05) is 36.1 Å². The summed E-state index contributed by atoms with van der Waals surface area (Å²) in [6.07, 6.45) is 1.90. The molecule has 0 radical (unpaired) electrons. The highest BCUT2D eigenvalue weighted by molar-refractivity contribution is 7.08. The van der Waals surface area contributed by atoms with Crippen molar-refractivity contribution >= 4 is 17.2 Å². The van der Waals surface area contributed by atoms with Crippen molar-refractivity contribution in [2.45, 2.75) is 39.3 Å². The Morgan fingerprint density at radius 3 is 2.75 bits per heavy atom. The van der Waals surface area contributed by atoms with Gasteiger partial charge < -0.3 is 9.64 Å². The van der Waals surface area contributed by atoms with Crippen molar-refractivity contribution in [2.75, 3.05) is 13.2 Å². The van der Waals surface area contributed by atoms with Crippen molar-refractivity contribution in [2.24, 2.45) is 0 Å². The Hall–Kier alpha value is -2.15. The summed E-state index contributed by atoms with van der Waals surface area (Å²) in [5.74, 6) is 0.778. The minimum absolute atomic E-state index is 0.0106. The fourth-order valence-electron chi connectivity index (χ4n) is 3.09. The number of rotatable bonds is 5. The van der Waals surface area contributed by atoms with Crippen molar-refractivity contribution in [1.82, 2.24) is 14.7 Å². The number of carbonyl (C=O) groups is 1. The first-order valence-electron chi connectivity index (χ1n) is 8.15. The molecule has 0 N–H and O–H groups in total. The molecule has 0 saturated carbocycles. The molecular formula is C17H21N3O3S. The van der Waals surface area contributed by atoms with E-state index in [0.717, 1.165) is 35.5 Å². The zero-order valence-corrected chi connectivity index (χ0v) is 14.7. The Balaban J connectivity index is 1.73. The van der Waals surface area contributed by atoms with E-state index in [4.69, 9.17) is 4.74 Å². The van der Waals surface area contributed by atoms with Gasteiger partial charge in [0.15, 0.2) is 0 Å². The van der Waals surface area contributed by atoms with Gasteiger partial charge in [0.05, 0.1) is 12.6 Å². The Morgan fingerprint density at radius 2 is 2.12 bits per heavy atom. The maximum absolute atomic E-state index is 12.6. The number of aromatic nitrogens is 2. The summed E-state index contributed by atoms with van der Waals surface area (Å²) < 4.78 is 6.73. The van der Waals surface area contributed by atoms with Crippen LogP contribution < -0.4 is 9.61 Å². The van der Waals surface area contributed by atoms with Gasteiger partial charge in [0.1, 0.15) is 17.3 Å². The van der Waals surface area contributed by atoms with Gasteiger partial charge in [0, 0.05) is 6.54 Å². The van der Waals surface area contributed by atoms with E-state index >= 15 is 0 Å². The van der Waals surface area contributed by atoms with Crippen LogP contribution in [0.1, 0.15) is 36.4 Å². The number of hydrogen-bond donors (Lipinski definition) is 0. The maximum Gasteiger partial charge on any atom is 0.325 e. The third-order valence-corrected chi connectivity index (χ3v) is 4.90. The van der Waals surface area contributed by atoms with Crippen molar-refractivity contribution in [3.63, 3.8) is 0 Å². The zero-order valence-electron chi connectivity index (χ0n) is 13.9. The molecule has 0 bridgehead atoms. The molecule has 0 aliphatic carbocycles. The Bertz CT molecular complexity index is 766. The molecule has 7 heteroatoms. The molecule has 1 amide bonds. The van der Waals surface area contributed by atoms with Crippen LogP contribution in [0, 0.1) is 6.92 Å². The summed E-state index contributed by atoms with van der Waals surface area (Å²) in [5, 5.41) is 4.79. The van der Waals surface area contributed by atoms with E-state index in [9.17, 15) is 9.59 Å². The Morgan fingerprint density at radius 1 is 1.38 bits per heavy atom. The largest absolute Gasteiger partial charge is 0.494 e. The quantitative estimate of drug-likeness (QED) is 0.833. The number of nitrogens with zero attached hydrogens (tertiary/aromatic N) is 3. The monoisotopic (exact) mass is 347 g/mol. The summed E-state index contributed by atoms with van der Waals surface area (Å²) in [7, 11) is 0. The lowest BCUT2D eigenvalue weighted by molar-refractivity contribution is -0.133. The van der Waals surface area contributed by atoms with E-state index in [-0.39, 0.29) is 23.4 Å². The van der Waals surface area contributed by atoms with Gasteiger partial charge >= 0.3 is 4.87 Å².